The van der Waals surface area contributed by atoms with Gasteiger partial charge in [0.25, 0.3) is 0 Å². The Labute approximate surface area is 81.6 Å². The Kier molecular flexibility index (Phi) is 6.21. The van der Waals surface area contributed by atoms with Gasteiger partial charge in [-0.1, -0.05) is 26.2 Å². The van der Waals surface area contributed by atoms with Crippen LogP contribution in [-0.2, 0) is 9.47 Å². The van der Waals surface area contributed by atoms with Crippen molar-refractivity contribution in [2.24, 2.45) is 0 Å². The molecule has 0 aromatic rings. The molecule has 2 heteroatoms. The van der Waals surface area contributed by atoms with Crippen LogP contribution in [0.25, 0.3) is 0 Å². The second-order valence-electron chi connectivity index (χ2n) is 3.77. The Balaban J connectivity index is 1.63. The lowest BCUT2D eigenvalue weighted by Crippen LogP contribution is -1.96. The minimum absolute atomic E-state index is 0.612. The summed E-state index contributed by atoms with van der Waals surface area (Å²) in [5.41, 5.74) is 0. The molecule has 0 aliphatic carbocycles. The summed E-state index contributed by atoms with van der Waals surface area (Å²) < 4.78 is 10.6. The van der Waals surface area contributed by atoms with E-state index in [4.69, 9.17) is 9.47 Å². The first-order chi connectivity index (χ1) is 6.43. The standard InChI is InChI=1S/C11H22O2/c1-2-3-8-12-9-6-4-5-7-11-10-13-11/h11H,2-10H2,1H3. The molecule has 0 bridgehead atoms. The van der Waals surface area contributed by atoms with Crippen LogP contribution in [0.2, 0.25) is 0 Å². The molecule has 0 amide bonds. The van der Waals surface area contributed by atoms with Crippen molar-refractivity contribution in [2.75, 3.05) is 19.8 Å². The molecular formula is C11H22O2. The summed E-state index contributed by atoms with van der Waals surface area (Å²) in [6.07, 6.45) is 8.13. The summed E-state index contributed by atoms with van der Waals surface area (Å²) in [7, 11) is 0. The average molecular weight is 186 g/mol. The van der Waals surface area contributed by atoms with Crippen molar-refractivity contribution in [1.29, 1.82) is 0 Å². The van der Waals surface area contributed by atoms with Gasteiger partial charge < -0.3 is 9.47 Å². The van der Waals surface area contributed by atoms with Crippen molar-refractivity contribution >= 4 is 0 Å². The zero-order chi connectivity index (χ0) is 9.36. The number of unbranched alkanes of at least 4 members (excludes halogenated alkanes) is 3. The van der Waals surface area contributed by atoms with Crippen LogP contribution < -0.4 is 0 Å². The predicted octanol–water partition coefficient (Wildman–Crippen LogP) is 2.76. The molecule has 0 N–H and O–H groups in total. The summed E-state index contributed by atoms with van der Waals surface area (Å²) in [5.74, 6) is 0. The molecule has 78 valence electrons. The predicted molar refractivity (Wildman–Crippen MR) is 53.9 cm³/mol. The summed E-state index contributed by atoms with van der Waals surface area (Å²) in [6.45, 7) is 5.10. The highest BCUT2D eigenvalue weighted by atomic mass is 16.6. The molecule has 1 aliphatic heterocycles. The molecule has 1 saturated heterocycles. The Morgan fingerprint density at radius 2 is 1.92 bits per heavy atom. The van der Waals surface area contributed by atoms with Gasteiger partial charge in [-0.2, -0.15) is 0 Å². The van der Waals surface area contributed by atoms with Gasteiger partial charge in [-0.25, -0.2) is 0 Å². The highest BCUT2D eigenvalue weighted by molar-refractivity contribution is 4.67. The van der Waals surface area contributed by atoms with Crippen molar-refractivity contribution in [3.8, 4) is 0 Å². The van der Waals surface area contributed by atoms with Gasteiger partial charge in [-0.15, -0.1) is 0 Å². The zero-order valence-corrected chi connectivity index (χ0v) is 8.76. The molecule has 2 nitrogen and oxygen atoms in total. The van der Waals surface area contributed by atoms with Gasteiger partial charge in [0, 0.05) is 13.2 Å². The van der Waals surface area contributed by atoms with E-state index in [0.717, 1.165) is 19.8 Å². The minimum atomic E-state index is 0.612. The molecular weight excluding hydrogens is 164 g/mol. The third kappa shape index (κ3) is 7.03. The fourth-order valence-electron chi connectivity index (χ4n) is 1.34. The Morgan fingerprint density at radius 3 is 2.62 bits per heavy atom. The van der Waals surface area contributed by atoms with Crippen molar-refractivity contribution < 1.29 is 9.47 Å². The molecule has 1 heterocycles. The van der Waals surface area contributed by atoms with Gasteiger partial charge >= 0.3 is 0 Å². The lowest BCUT2D eigenvalue weighted by Gasteiger charge is -2.02. The summed E-state index contributed by atoms with van der Waals surface area (Å²) in [4.78, 5) is 0. The molecule has 0 aromatic carbocycles. The lowest BCUT2D eigenvalue weighted by atomic mass is 10.2. The van der Waals surface area contributed by atoms with E-state index in [1.807, 2.05) is 0 Å². The lowest BCUT2D eigenvalue weighted by molar-refractivity contribution is 0.127. The second kappa shape index (κ2) is 7.34. The maximum Gasteiger partial charge on any atom is 0.0810 e. The molecule has 1 unspecified atom stereocenters. The maximum atomic E-state index is 5.47. The van der Waals surface area contributed by atoms with Gasteiger partial charge in [-0.3, -0.25) is 0 Å². The van der Waals surface area contributed by atoms with E-state index in [1.165, 1.54) is 38.5 Å². The maximum absolute atomic E-state index is 5.47. The van der Waals surface area contributed by atoms with Crippen LogP contribution in [0.15, 0.2) is 0 Å². The smallest absolute Gasteiger partial charge is 0.0810 e. The van der Waals surface area contributed by atoms with Gasteiger partial charge in [-0.05, 0) is 19.3 Å². The minimum Gasteiger partial charge on any atom is -0.381 e. The Hall–Kier alpha value is -0.0800. The molecule has 1 aliphatic rings. The Bertz CT molecular complexity index is 111. The third-order valence-electron chi connectivity index (χ3n) is 2.36. The first-order valence-electron chi connectivity index (χ1n) is 5.63. The fourth-order valence-corrected chi connectivity index (χ4v) is 1.34. The van der Waals surface area contributed by atoms with Crippen LogP contribution >= 0.6 is 0 Å². The largest absolute Gasteiger partial charge is 0.381 e. The Morgan fingerprint density at radius 1 is 1.15 bits per heavy atom. The van der Waals surface area contributed by atoms with Crippen LogP contribution in [-0.4, -0.2) is 25.9 Å². The number of hydrogen-bond acceptors (Lipinski definition) is 2. The topological polar surface area (TPSA) is 21.8 Å². The van der Waals surface area contributed by atoms with E-state index in [9.17, 15) is 0 Å². The molecule has 0 aromatic heterocycles. The number of rotatable bonds is 9. The molecule has 13 heavy (non-hydrogen) atoms. The molecule has 1 fully saturated rings. The van der Waals surface area contributed by atoms with Crippen molar-refractivity contribution in [1.82, 2.24) is 0 Å². The SMILES string of the molecule is CCCCOCCCCCC1CO1. The number of hydrogen-bond donors (Lipinski definition) is 0. The first kappa shape index (κ1) is 11.0. The van der Waals surface area contributed by atoms with E-state index in [0.29, 0.717) is 6.10 Å². The first-order valence-corrected chi connectivity index (χ1v) is 5.63. The van der Waals surface area contributed by atoms with Crippen molar-refractivity contribution in [2.45, 2.75) is 51.6 Å². The van der Waals surface area contributed by atoms with Crippen LogP contribution in [0.3, 0.4) is 0 Å². The van der Waals surface area contributed by atoms with E-state index < -0.39 is 0 Å². The second-order valence-corrected chi connectivity index (χ2v) is 3.77. The van der Waals surface area contributed by atoms with Gasteiger partial charge in [0.15, 0.2) is 0 Å². The molecule has 1 atom stereocenters. The highest BCUT2D eigenvalue weighted by Crippen LogP contribution is 2.16. The van der Waals surface area contributed by atoms with Crippen LogP contribution in [0.5, 0.6) is 0 Å². The van der Waals surface area contributed by atoms with E-state index in [-0.39, 0.29) is 0 Å². The van der Waals surface area contributed by atoms with Gasteiger partial charge in [0.05, 0.1) is 12.7 Å². The average Bonchev–Trinajstić information content (AvgIpc) is 2.93. The summed E-state index contributed by atoms with van der Waals surface area (Å²) >= 11 is 0. The number of epoxide rings is 1. The van der Waals surface area contributed by atoms with Gasteiger partial charge in [0.1, 0.15) is 0 Å². The molecule has 0 spiro atoms. The van der Waals surface area contributed by atoms with E-state index in [2.05, 4.69) is 6.92 Å². The monoisotopic (exact) mass is 186 g/mol. The molecule has 0 saturated carbocycles. The van der Waals surface area contributed by atoms with Gasteiger partial charge in [0.2, 0.25) is 0 Å². The summed E-state index contributed by atoms with van der Waals surface area (Å²) in [5, 5.41) is 0. The molecule has 0 radical (unpaired) electrons. The van der Waals surface area contributed by atoms with Crippen LogP contribution in [0.4, 0.5) is 0 Å². The number of ether oxygens (including phenoxy) is 2. The molecule has 1 rings (SSSR count). The normalized spacial score (nSPS) is 20.5. The van der Waals surface area contributed by atoms with Crippen LogP contribution in [0.1, 0.15) is 45.4 Å². The van der Waals surface area contributed by atoms with E-state index in [1.54, 1.807) is 0 Å². The third-order valence-corrected chi connectivity index (χ3v) is 2.36. The van der Waals surface area contributed by atoms with E-state index >= 15 is 0 Å². The summed E-state index contributed by atoms with van der Waals surface area (Å²) in [6, 6.07) is 0. The van der Waals surface area contributed by atoms with Crippen LogP contribution in [0, 0.1) is 0 Å². The zero-order valence-electron chi connectivity index (χ0n) is 8.76. The van der Waals surface area contributed by atoms with Crippen molar-refractivity contribution in [3.05, 3.63) is 0 Å². The fraction of sp³-hybridized carbons (Fsp3) is 1.00. The van der Waals surface area contributed by atoms with Crippen molar-refractivity contribution in [3.63, 3.8) is 0 Å². The highest BCUT2D eigenvalue weighted by Gasteiger charge is 2.20. The quantitative estimate of drug-likeness (QED) is 0.408.